The number of amidine groups is 1. The van der Waals surface area contributed by atoms with Crippen molar-refractivity contribution in [3.63, 3.8) is 0 Å². The monoisotopic (exact) mass is 208 g/mol. The van der Waals surface area contributed by atoms with Crippen LogP contribution in [0.15, 0.2) is 18.2 Å². The Balaban J connectivity index is 2.95. The molecule has 0 aromatic heterocycles. The normalized spacial score (nSPS) is 9.73. The van der Waals surface area contributed by atoms with E-state index in [2.05, 4.69) is 0 Å². The van der Waals surface area contributed by atoms with Crippen molar-refractivity contribution in [1.82, 2.24) is 0 Å². The summed E-state index contributed by atoms with van der Waals surface area (Å²) in [6, 6.07) is 5.23. The highest BCUT2D eigenvalue weighted by atomic mass is 16.5. The van der Waals surface area contributed by atoms with Crippen LogP contribution in [0.3, 0.4) is 0 Å². The fourth-order valence-electron chi connectivity index (χ4n) is 1.15. The van der Waals surface area contributed by atoms with E-state index in [0.29, 0.717) is 23.7 Å². The Labute approximate surface area is 89.5 Å². The fourth-order valence-corrected chi connectivity index (χ4v) is 1.15. The number of hydrogen-bond acceptors (Lipinski definition) is 3. The largest absolute Gasteiger partial charge is 0.497 e. The van der Waals surface area contributed by atoms with Gasteiger partial charge in [-0.3, -0.25) is 5.41 Å². The summed E-state index contributed by atoms with van der Waals surface area (Å²) in [6.07, 6.45) is 0.937. The SMILES string of the molecule is CCCOc1cc(OC)cc(C(=N)N)c1. The molecule has 0 spiro atoms. The van der Waals surface area contributed by atoms with Gasteiger partial charge in [0.25, 0.3) is 0 Å². The minimum atomic E-state index is 0.00949. The zero-order valence-electron chi connectivity index (χ0n) is 9.04. The standard InChI is InChI=1S/C11H16N2O2/c1-3-4-15-10-6-8(11(12)13)5-9(7-10)14-2/h5-7H,3-4H2,1-2H3,(H3,12,13). The number of ether oxygens (including phenoxy) is 2. The lowest BCUT2D eigenvalue weighted by atomic mass is 10.2. The maximum atomic E-state index is 7.35. The van der Waals surface area contributed by atoms with Crippen molar-refractivity contribution in [2.45, 2.75) is 13.3 Å². The topological polar surface area (TPSA) is 68.3 Å². The number of hydrogen-bond donors (Lipinski definition) is 2. The van der Waals surface area contributed by atoms with Crippen molar-refractivity contribution in [2.24, 2.45) is 5.73 Å². The second-order valence-corrected chi connectivity index (χ2v) is 3.16. The van der Waals surface area contributed by atoms with E-state index < -0.39 is 0 Å². The maximum Gasteiger partial charge on any atom is 0.123 e. The van der Waals surface area contributed by atoms with Crippen LogP contribution in [0.5, 0.6) is 11.5 Å². The third-order valence-electron chi connectivity index (χ3n) is 1.90. The number of nitrogens with one attached hydrogen (secondary N) is 1. The number of methoxy groups -OCH3 is 1. The average molecular weight is 208 g/mol. The summed E-state index contributed by atoms with van der Waals surface area (Å²) in [7, 11) is 1.57. The third-order valence-corrected chi connectivity index (χ3v) is 1.90. The maximum absolute atomic E-state index is 7.35. The molecule has 0 saturated heterocycles. The van der Waals surface area contributed by atoms with E-state index in [4.69, 9.17) is 20.6 Å². The van der Waals surface area contributed by atoms with E-state index in [1.807, 2.05) is 6.92 Å². The summed E-state index contributed by atoms with van der Waals surface area (Å²) in [5.74, 6) is 1.34. The molecule has 0 heterocycles. The Morgan fingerprint density at radius 3 is 2.53 bits per heavy atom. The molecule has 0 aliphatic heterocycles. The van der Waals surface area contributed by atoms with Crippen molar-refractivity contribution >= 4 is 5.84 Å². The van der Waals surface area contributed by atoms with Crippen molar-refractivity contribution in [1.29, 1.82) is 5.41 Å². The van der Waals surface area contributed by atoms with E-state index in [0.717, 1.165) is 6.42 Å². The summed E-state index contributed by atoms with van der Waals surface area (Å²) in [6.45, 7) is 2.68. The van der Waals surface area contributed by atoms with E-state index in [9.17, 15) is 0 Å². The van der Waals surface area contributed by atoms with E-state index in [1.165, 1.54) is 0 Å². The van der Waals surface area contributed by atoms with Gasteiger partial charge in [-0.25, -0.2) is 0 Å². The van der Waals surface area contributed by atoms with Gasteiger partial charge in [-0.1, -0.05) is 6.92 Å². The molecule has 0 bridgehead atoms. The molecule has 0 aliphatic rings. The van der Waals surface area contributed by atoms with Crippen LogP contribution in [0.4, 0.5) is 0 Å². The van der Waals surface area contributed by atoms with Gasteiger partial charge in [0, 0.05) is 11.6 Å². The first-order valence-electron chi connectivity index (χ1n) is 4.83. The minimum absolute atomic E-state index is 0.00949. The van der Waals surface area contributed by atoms with Crippen LogP contribution >= 0.6 is 0 Å². The Morgan fingerprint density at radius 1 is 1.33 bits per heavy atom. The summed E-state index contributed by atoms with van der Waals surface area (Å²) < 4.78 is 10.5. The van der Waals surface area contributed by atoms with E-state index in [-0.39, 0.29) is 5.84 Å². The number of nitrogens with two attached hydrogens (primary N) is 1. The highest BCUT2D eigenvalue weighted by molar-refractivity contribution is 5.95. The van der Waals surface area contributed by atoms with Gasteiger partial charge in [0.1, 0.15) is 17.3 Å². The summed E-state index contributed by atoms with van der Waals surface area (Å²) in [4.78, 5) is 0. The molecule has 0 amide bonds. The summed E-state index contributed by atoms with van der Waals surface area (Å²) in [5.41, 5.74) is 6.02. The molecule has 4 nitrogen and oxygen atoms in total. The lowest BCUT2D eigenvalue weighted by Gasteiger charge is -2.09. The zero-order chi connectivity index (χ0) is 11.3. The Kier molecular flexibility index (Phi) is 3.97. The molecule has 3 N–H and O–H groups in total. The Bertz CT molecular complexity index is 350. The van der Waals surface area contributed by atoms with Crippen molar-refractivity contribution in [3.05, 3.63) is 23.8 Å². The third kappa shape index (κ3) is 3.16. The first-order valence-corrected chi connectivity index (χ1v) is 4.83. The van der Waals surface area contributed by atoms with Gasteiger partial charge in [0.15, 0.2) is 0 Å². The summed E-state index contributed by atoms with van der Waals surface area (Å²) in [5, 5.41) is 7.35. The first-order chi connectivity index (χ1) is 7.17. The molecule has 0 fully saturated rings. The molecule has 0 radical (unpaired) electrons. The number of rotatable bonds is 5. The molecule has 4 heteroatoms. The van der Waals surface area contributed by atoms with Gasteiger partial charge in [-0.2, -0.15) is 0 Å². The van der Waals surface area contributed by atoms with Gasteiger partial charge >= 0.3 is 0 Å². The van der Waals surface area contributed by atoms with E-state index >= 15 is 0 Å². The number of benzene rings is 1. The van der Waals surface area contributed by atoms with Gasteiger partial charge in [0.05, 0.1) is 13.7 Å². The molecule has 0 saturated carbocycles. The molecule has 1 aromatic rings. The molecule has 0 unspecified atom stereocenters. The molecule has 82 valence electrons. The smallest absolute Gasteiger partial charge is 0.123 e. The molecule has 1 rings (SSSR count). The van der Waals surface area contributed by atoms with Crippen molar-refractivity contribution in [3.8, 4) is 11.5 Å². The molecule has 0 aliphatic carbocycles. The van der Waals surface area contributed by atoms with Gasteiger partial charge < -0.3 is 15.2 Å². The highest BCUT2D eigenvalue weighted by Gasteiger charge is 2.04. The second kappa shape index (κ2) is 5.24. The zero-order valence-corrected chi connectivity index (χ0v) is 9.04. The quantitative estimate of drug-likeness (QED) is 0.572. The van der Waals surface area contributed by atoms with Crippen molar-refractivity contribution in [2.75, 3.05) is 13.7 Å². The van der Waals surface area contributed by atoms with Crippen LogP contribution in [-0.2, 0) is 0 Å². The predicted molar refractivity (Wildman–Crippen MR) is 59.8 cm³/mol. The molecular weight excluding hydrogens is 192 g/mol. The second-order valence-electron chi connectivity index (χ2n) is 3.16. The predicted octanol–water partition coefficient (Wildman–Crippen LogP) is 1.77. The molecular formula is C11H16N2O2. The van der Waals surface area contributed by atoms with Crippen LogP contribution in [0, 0.1) is 5.41 Å². The van der Waals surface area contributed by atoms with Crippen LogP contribution in [0.2, 0.25) is 0 Å². The Hall–Kier alpha value is -1.71. The minimum Gasteiger partial charge on any atom is -0.497 e. The Morgan fingerprint density at radius 2 is 2.00 bits per heavy atom. The lowest BCUT2D eigenvalue weighted by Crippen LogP contribution is -2.11. The van der Waals surface area contributed by atoms with Gasteiger partial charge in [-0.15, -0.1) is 0 Å². The molecule has 0 atom stereocenters. The van der Waals surface area contributed by atoms with Crippen molar-refractivity contribution < 1.29 is 9.47 Å². The van der Waals surface area contributed by atoms with Gasteiger partial charge in [-0.05, 0) is 18.6 Å². The molecule has 1 aromatic carbocycles. The first kappa shape index (κ1) is 11.4. The van der Waals surface area contributed by atoms with E-state index in [1.54, 1.807) is 25.3 Å². The van der Waals surface area contributed by atoms with Crippen LogP contribution < -0.4 is 15.2 Å². The summed E-state index contributed by atoms with van der Waals surface area (Å²) >= 11 is 0. The van der Waals surface area contributed by atoms with Gasteiger partial charge in [0.2, 0.25) is 0 Å². The average Bonchev–Trinajstić information content (AvgIpc) is 2.25. The number of nitrogen functional groups attached to an aromatic ring is 1. The molecule has 15 heavy (non-hydrogen) atoms. The van der Waals surface area contributed by atoms with Crippen LogP contribution in [0.25, 0.3) is 0 Å². The van der Waals surface area contributed by atoms with Crippen LogP contribution in [0.1, 0.15) is 18.9 Å². The lowest BCUT2D eigenvalue weighted by molar-refractivity contribution is 0.314. The highest BCUT2D eigenvalue weighted by Crippen LogP contribution is 2.22. The fraction of sp³-hybridized carbons (Fsp3) is 0.364. The van der Waals surface area contributed by atoms with Crippen LogP contribution in [-0.4, -0.2) is 19.6 Å².